The Balaban J connectivity index is 2.67. The number of anilines is 1. The van der Waals surface area contributed by atoms with Gasteiger partial charge in [-0.2, -0.15) is 0 Å². The molecule has 4 N–H and O–H groups in total. The first-order valence-electron chi connectivity index (χ1n) is 4.80. The number of aliphatic hydroxyl groups is 1. The highest BCUT2D eigenvalue weighted by Gasteiger charge is 2.19. The number of benzene rings is 1. The van der Waals surface area contributed by atoms with Crippen LogP contribution in [-0.2, 0) is 4.79 Å². The Morgan fingerprint density at radius 2 is 2.00 bits per heavy atom. The number of amides is 2. The van der Waals surface area contributed by atoms with Crippen LogP contribution in [0.4, 0.5) is 19.3 Å². The van der Waals surface area contributed by atoms with E-state index in [-0.39, 0.29) is 5.69 Å². The quantitative estimate of drug-likeness (QED) is 0.634. The molecule has 0 spiro atoms. The average molecular weight is 260 g/mol. The van der Waals surface area contributed by atoms with Crippen molar-refractivity contribution in [2.24, 2.45) is 0 Å². The minimum absolute atomic E-state index is 0.309. The van der Waals surface area contributed by atoms with Gasteiger partial charge in [0, 0.05) is 6.07 Å². The van der Waals surface area contributed by atoms with Crippen LogP contribution in [-0.4, -0.2) is 34.9 Å². The van der Waals surface area contributed by atoms with Crippen molar-refractivity contribution >= 4 is 17.7 Å². The summed E-state index contributed by atoms with van der Waals surface area (Å²) in [4.78, 5) is 21.8. The van der Waals surface area contributed by atoms with Gasteiger partial charge in [-0.15, -0.1) is 0 Å². The molecule has 0 aliphatic rings. The third kappa shape index (κ3) is 3.67. The smallest absolute Gasteiger partial charge is 0.328 e. The lowest BCUT2D eigenvalue weighted by Gasteiger charge is -2.12. The van der Waals surface area contributed by atoms with Crippen LogP contribution < -0.4 is 10.6 Å². The Hall–Kier alpha value is -2.22. The fourth-order valence-electron chi connectivity index (χ4n) is 1.09. The van der Waals surface area contributed by atoms with E-state index in [1.54, 1.807) is 0 Å². The molecular formula is C10H10F2N2O4. The molecule has 0 fully saturated rings. The summed E-state index contributed by atoms with van der Waals surface area (Å²) in [5, 5.41) is 21.1. The molecule has 0 aliphatic heterocycles. The van der Waals surface area contributed by atoms with Gasteiger partial charge in [0.2, 0.25) is 0 Å². The molecule has 98 valence electrons. The summed E-state index contributed by atoms with van der Waals surface area (Å²) in [7, 11) is 0. The summed E-state index contributed by atoms with van der Waals surface area (Å²) >= 11 is 0. The number of carboxylic acid groups (broad SMARTS) is 1. The molecule has 0 aromatic heterocycles. The highest BCUT2D eigenvalue weighted by molar-refractivity contribution is 5.92. The number of aliphatic hydroxyl groups excluding tert-OH is 1. The molecule has 0 bridgehead atoms. The number of hydrogen-bond acceptors (Lipinski definition) is 3. The van der Waals surface area contributed by atoms with Crippen LogP contribution in [0.15, 0.2) is 18.2 Å². The lowest BCUT2D eigenvalue weighted by Crippen LogP contribution is -2.45. The van der Waals surface area contributed by atoms with Gasteiger partial charge in [0.05, 0.1) is 12.3 Å². The van der Waals surface area contributed by atoms with Crippen molar-refractivity contribution < 1.29 is 28.6 Å². The summed E-state index contributed by atoms with van der Waals surface area (Å²) < 4.78 is 25.7. The van der Waals surface area contributed by atoms with Crippen molar-refractivity contribution in [3.05, 3.63) is 29.8 Å². The van der Waals surface area contributed by atoms with Crippen LogP contribution in [0.2, 0.25) is 0 Å². The van der Waals surface area contributed by atoms with Gasteiger partial charge in [-0.1, -0.05) is 0 Å². The van der Waals surface area contributed by atoms with Crippen LogP contribution >= 0.6 is 0 Å². The first-order chi connectivity index (χ1) is 8.43. The van der Waals surface area contributed by atoms with E-state index in [4.69, 9.17) is 10.2 Å². The molecule has 0 saturated heterocycles. The van der Waals surface area contributed by atoms with Gasteiger partial charge < -0.3 is 20.8 Å². The second-order valence-corrected chi connectivity index (χ2v) is 3.30. The van der Waals surface area contributed by atoms with Crippen LogP contribution in [0.1, 0.15) is 0 Å². The molecule has 0 aliphatic carbocycles. The fraction of sp³-hybridized carbons (Fsp3) is 0.200. The van der Waals surface area contributed by atoms with E-state index in [9.17, 15) is 18.4 Å². The maximum Gasteiger partial charge on any atom is 0.328 e. The second kappa shape index (κ2) is 5.92. The van der Waals surface area contributed by atoms with Crippen molar-refractivity contribution in [3.8, 4) is 0 Å². The molecule has 18 heavy (non-hydrogen) atoms. The first kappa shape index (κ1) is 13.8. The van der Waals surface area contributed by atoms with Crippen molar-refractivity contribution in [3.63, 3.8) is 0 Å². The van der Waals surface area contributed by atoms with Crippen molar-refractivity contribution in [1.82, 2.24) is 5.32 Å². The Kier molecular flexibility index (Phi) is 4.55. The molecule has 1 aromatic carbocycles. The maximum absolute atomic E-state index is 13.1. The zero-order chi connectivity index (χ0) is 13.7. The van der Waals surface area contributed by atoms with Crippen LogP contribution in [0.25, 0.3) is 0 Å². The van der Waals surface area contributed by atoms with Crippen molar-refractivity contribution in [1.29, 1.82) is 0 Å². The number of aliphatic carboxylic acids is 1. The highest BCUT2D eigenvalue weighted by atomic mass is 19.1. The zero-order valence-corrected chi connectivity index (χ0v) is 8.98. The Bertz CT molecular complexity index is 467. The lowest BCUT2D eigenvalue weighted by molar-refractivity contribution is -0.140. The first-order valence-corrected chi connectivity index (χ1v) is 4.80. The second-order valence-electron chi connectivity index (χ2n) is 3.30. The standard InChI is InChI=1S/C10H10F2N2O4/c11-5-1-2-7(6(12)3-5)13-10(18)14-8(4-15)9(16)17/h1-3,8,15H,4H2,(H,16,17)(H2,13,14,18)/t8-/m0/s1. The molecule has 6 nitrogen and oxygen atoms in total. The van der Waals surface area contributed by atoms with E-state index in [2.05, 4.69) is 0 Å². The molecule has 0 radical (unpaired) electrons. The summed E-state index contributed by atoms with van der Waals surface area (Å²) in [6.07, 6.45) is 0. The fourth-order valence-corrected chi connectivity index (χ4v) is 1.09. The monoisotopic (exact) mass is 260 g/mol. The predicted molar refractivity (Wildman–Crippen MR) is 57.0 cm³/mol. The Morgan fingerprint density at radius 3 is 2.50 bits per heavy atom. The third-order valence-electron chi connectivity index (χ3n) is 1.97. The maximum atomic E-state index is 13.1. The SMILES string of the molecule is O=C(Nc1ccc(F)cc1F)N[C@@H](CO)C(=O)O. The molecule has 8 heteroatoms. The number of carbonyl (C=O) groups is 2. The number of carboxylic acids is 1. The van der Waals surface area contributed by atoms with E-state index in [1.165, 1.54) is 0 Å². The third-order valence-corrected chi connectivity index (χ3v) is 1.97. The summed E-state index contributed by atoms with van der Waals surface area (Å²) in [5.41, 5.74) is -0.309. The van der Waals surface area contributed by atoms with Gasteiger partial charge in [0.25, 0.3) is 0 Å². The molecule has 1 aromatic rings. The largest absolute Gasteiger partial charge is 0.480 e. The van der Waals surface area contributed by atoms with Crippen LogP contribution in [0.5, 0.6) is 0 Å². The molecule has 1 rings (SSSR count). The number of halogens is 2. The van der Waals surface area contributed by atoms with Gasteiger partial charge in [0.1, 0.15) is 11.6 Å². The molecule has 0 unspecified atom stereocenters. The van der Waals surface area contributed by atoms with E-state index in [0.29, 0.717) is 6.07 Å². The van der Waals surface area contributed by atoms with Gasteiger partial charge in [0.15, 0.2) is 6.04 Å². The topological polar surface area (TPSA) is 98.7 Å². The summed E-state index contributed by atoms with van der Waals surface area (Å²) in [5.74, 6) is -3.24. The van der Waals surface area contributed by atoms with E-state index in [1.807, 2.05) is 10.6 Å². The van der Waals surface area contributed by atoms with Crippen LogP contribution in [0, 0.1) is 11.6 Å². The van der Waals surface area contributed by atoms with Gasteiger partial charge >= 0.3 is 12.0 Å². The molecular weight excluding hydrogens is 250 g/mol. The van der Waals surface area contributed by atoms with Crippen molar-refractivity contribution in [2.75, 3.05) is 11.9 Å². The minimum atomic E-state index is -1.51. The number of nitrogens with one attached hydrogen (secondary N) is 2. The lowest BCUT2D eigenvalue weighted by atomic mass is 10.3. The molecule has 2 amide bonds. The number of rotatable bonds is 4. The van der Waals surface area contributed by atoms with E-state index < -0.39 is 36.3 Å². The molecule has 0 saturated carbocycles. The normalized spacial score (nSPS) is 11.7. The van der Waals surface area contributed by atoms with Gasteiger partial charge in [-0.05, 0) is 12.1 Å². The summed E-state index contributed by atoms with van der Waals surface area (Å²) in [6, 6.07) is -0.0511. The predicted octanol–water partition coefficient (Wildman–Crippen LogP) is 0.532. The molecule has 1 atom stereocenters. The highest BCUT2D eigenvalue weighted by Crippen LogP contribution is 2.14. The van der Waals surface area contributed by atoms with E-state index in [0.717, 1.165) is 12.1 Å². The van der Waals surface area contributed by atoms with Gasteiger partial charge in [-0.25, -0.2) is 18.4 Å². The number of urea groups is 1. The minimum Gasteiger partial charge on any atom is -0.480 e. The van der Waals surface area contributed by atoms with Gasteiger partial charge in [-0.3, -0.25) is 0 Å². The number of hydrogen-bond donors (Lipinski definition) is 4. The average Bonchev–Trinajstić information content (AvgIpc) is 2.29. The van der Waals surface area contributed by atoms with Crippen LogP contribution in [0.3, 0.4) is 0 Å². The Labute approximate surface area is 100 Å². The molecule has 0 heterocycles. The number of carbonyl (C=O) groups excluding carboxylic acids is 1. The van der Waals surface area contributed by atoms with E-state index >= 15 is 0 Å². The van der Waals surface area contributed by atoms with Crippen molar-refractivity contribution in [2.45, 2.75) is 6.04 Å². The Morgan fingerprint density at radius 1 is 1.33 bits per heavy atom. The zero-order valence-electron chi connectivity index (χ0n) is 8.98. The summed E-state index contributed by atoms with van der Waals surface area (Å²) in [6.45, 7) is -0.811.